The van der Waals surface area contributed by atoms with Crippen LogP contribution in [-0.4, -0.2) is 24.3 Å². The number of aryl methyl sites for hydroxylation is 1. The smallest absolute Gasteiger partial charge is 0.285 e. The molecular formula is C18H14ClF2N3O3S. The standard InChI is InChI=1S/C18H14ClF2N3O3S/c1-2-14-16(23-17(22-14)10-7-11(20)9-12(21)8-10)18(25)24-28(26,27)15-6-4-3-5-13(15)19/h3-9H,2H2,1H3,(H,22,23)(H,24,25). The summed E-state index contributed by atoms with van der Waals surface area (Å²) in [5, 5.41) is -0.0449. The highest BCUT2D eigenvalue weighted by molar-refractivity contribution is 7.90. The van der Waals surface area contributed by atoms with Crippen molar-refractivity contribution in [3.05, 3.63) is 70.5 Å². The third-order valence-corrected chi connectivity index (χ3v) is 5.67. The Balaban J connectivity index is 1.96. The number of nitrogens with zero attached hydrogens (tertiary/aromatic N) is 1. The molecule has 0 aliphatic rings. The van der Waals surface area contributed by atoms with Crippen molar-refractivity contribution in [2.45, 2.75) is 18.2 Å². The van der Waals surface area contributed by atoms with Crippen LogP contribution >= 0.6 is 11.6 Å². The quantitative estimate of drug-likeness (QED) is 0.652. The summed E-state index contributed by atoms with van der Waals surface area (Å²) in [6, 6.07) is 8.45. The number of aromatic amines is 1. The largest absolute Gasteiger partial charge is 0.341 e. The highest BCUT2D eigenvalue weighted by Crippen LogP contribution is 2.23. The first kappa shape index (κ1) is 20.0. The molecule has 0 radical (unpaired) electrons. The van der Waals surface area contributed by atoms with Gasteiger partial charge in [0.15, 0.2) is 5.69 Å². The van der Waals surface area contributed by atoms with Crippen molar-refractivity contribution < 1.29 is 22.0 Å². The second-order valence-corrected chi connectivity index (χ2v) is 7.85. The topological polar surface area (TPSA) is 91.9 Å². The van der Waals surface area contributed by atoms with Crippen molar-refractivity contribution in [3.8, 4) is 11.4 Å². The lowest BCUT2D eigenvalue weighted by atomic mass is 10.2. The molecule has 0 saturated heterocycles. The van der Waals surface area contributed by atoms with Crippen molar-refractivity contribution >= 4 is 27.5 Å². The van der Waals surface area contributed by atoms with Crippen LogP contribution in [-0.2, 0) is 16.4 Å². The number of benzene rings is 2. The lowest BCUT2D eigenvalue weighted by Crippen LogP contribution is -2.31. The second-order valence-electron chi connectivity index (χ2n) is 5.79. The fourth-order valence-corrected chi connectivity index (χ4v) is 4.04. The van der Waals surface area contributed by atoms with Crippen LogP contribution in [0.15, 0.2) is 47.4 Å². The molecular weight excluding hydrogens is 412 g/mol. The van der Waals surface area contributed by atoms with Gasteiger partial charge in [0, 0.05) is 17.3 Å². The van der Waals surface area contributed by atoms with Gasteiger partial charge in [0.2, 0.25) is 0 Å². The Labute approximate surface area is 164 Å². The minimum atomic E-state index is -4.24. The van der Waals surface area contributed by atoms with Gasteiger partial charge < -0.3 is 4.98 Å². The van der Waals surface area contributed by atoms with E-state index in [0.29, 0.717) is 18.2 Å². The average molecular weight is 426 g/mol. The highest BCUT2D eigenvalue weighted by atomic mass is 35.5. The van der Waals surface area contributed by atoms with Gasteiger partial charge in [0.05, 0.1) is 5.02 Å². The van der Waals surface area contributed by atoms with Crippen LogP contribution in [0.3, 0.4) is 0 Å². The lowest BCUT2D eigenvalue weighted by Gasteiger charge is -2.07. The van der Waals surface area contributed by atoms with E-state index >= 15 is 0 Å². The Bertz CT molecular complexity index is 1140. The molecule has 0 unspecified atom stereocenters. The van der Waals surface area contributed by atoms with Crippen LogP contribution < -0.4 is 4.72 Å². The van der Waals surface area contributed by atoms with E-state index in [0.717, 1.165) is 12.1 Å². The van der Waals surface area contributed by atoms with E-state index in [9.17, 15) is 22.0 Å². The Morgan fingerprint density at radius 2 is 1.82 bits per heavy atom. The predicted molar refractivity (Wildman–Crippen MR) is 99.4 cm³/mol. The van der Waals surface area contributed by atoms with Gasteiger partial charge in [-0.1, -0.05) is 30.7 Å². The Kier molecular flexibility index (Phi) is 5.48. The molecule has 0 spiro atoms. The molecule has 3 rings (SSSR count). The molecule has 146 valence electrons. The average Bonchev–Trinajstić information content (AvgIpc) is 3.05. The highest BCUT2D eigenvalue weighted by Gasteiger charge is 2.25. The molecule has 28 heavy (non-hydrogen) atoms. The lowest BCUT2D eigenvalue weighted by molar-refractivity contribution is 0.0976. The number of carbonyl (C=O) groups is 1. The summed E-state index contributed by atoms with van der Waals surface area (Å²) in [7, 11) is -4.24. The van der Waals surface area contributed by atoms with Crippen LogP contribution in [0.1, 0.15) is 23.1 Å². The summed E-state index contributed by atoms with van der Waals surface area (Å²) in [6.45, 7) is 1.71. The molecule has 3 aromatic rings. The van der Waals surface area contributed by atoms with Crippen molar-refractivity contribution in [3.63, 3.8) is 0 Å². The van der Waals surface area contributed by atoms with E-state index in [1.54, 1.807) is 13.0 Å². The normalized spacial score (nSPS) is 11.4. The number of halogens is 3. The molecule has 1 aromatic heterocycles. The number of aromatic nitrogens is 2. The molecule has 0 atom stereocenters. The fraction of sp³-hybridized carbons (Fsp3) is 0.111. The summed E-state index contributed by atoms with van der Waals surface area (Å²) in [5.74, 6) is -2.57. The van der Waals surface area contributed by atoms with E-state index in [4.69, 9.17) is 11.6 Å². The van der Waals surface area contributed by atoms with E-state index in [1.807, 2.05) is 4.72 Å². The zero-order valence-electron chi connectivity index (χ0n) is 14.5. The number of hydrogen-bond acceptors (Lipinski definition) is 4. The molecule has 0 bridgehead atoms. The minimum Gasteiger partial charge on any atom is -0.341 e. The van der Waals surface area contributed by atoms with Gasteiger partial charge in [0.1, 0.15) is 22.4 Å². The van der Waals surface area contributed by atoms with E-state index in [1.165, 1.54) is 18.2 Å². The van der Waals surface area contributed by atoms with Crippen LogP contribution in [0.25, 0.3) is 11.4 Å². The van der Waals surface area contributed by atoms with E-state index in [2.05, 4.69) is 9.97 Å². The zero-order valence-corrected chi connectivity index (χ0v) is 16.0. The number of amides is 1. The van der Waals surface area contributed by atoms with Gasteiger partial charge in [-0.3, -0.25) is 4.79 Å². The molecule has 0 saturated carbocycles. The minimum absolute atomic E-state index is 0.0375. The number of imidazole rings is 1. The zero-order chi connectivity index (χ0) is 20.5. The molecule has 6 nitrogen and oxygen atoms in total. The number of H-pyrrole nitrogens is 1. The number of nitrogens with one attached hydrogen (secondary N) is 2. The third kappa shape index (κ3) is 4.05. The molecule has 10 heteroatoms. The van der Waals surface area contributed by atoms with Gasteiger partial charge in [-0.05, 0) is 30.7 Å². The first-order chi connectivity index (χ1) is 13.2. The molecule has 2 aromatic carbocycles. The van der Waals surface area contributed by atoms with Crippen molar-refractivity contribution in [1.82, 2.24) is 14.7 Å². The molecule has 0 aliphatic carbocycles. The van der Waals surface area contributed by atoms with Crippen LogP contribution in [0.5, 0.6) is 0 Å². The van der Waals surface area contributed by atoms with E-state index < -0.39 is 27.6 Å². The fourth-order valence-electron chi connectivity index (χ4n) is 2.57. The third-order valence-electron chi connectivity index (χ3n) is 3.84. The first-order valence-electron chi connectivity index (χ1n) is 8.08. The maximum atomic E-state index is 13.5. The number of sulfonamides is 1. The van der Waals surface area contributed by atoms with Crippen molar-refractivity contribution in [1.29, 1.82) is 0 Å². The van der Waals surface area contributed by atoms with Crippen LogP contribution in [0.4, 0.5) is 8.78 Å². The van der Waals surface area contributed by atoms with Gasteiger partial charge in [-0.15, -0.1) is 0 Å². The Morgan fingerprint density at radius 3 is 2.43 bits per heavy atom. The second kappa shape index (κ2) is 7.69. The van der Waals surface area contributed by atoms with Crippen LogP contribution in [0, 0.1) is 11.6 Å². The van der Waals surface area contributed by atoms with Gasteiger partial charge >= 0.3 is 0 Å². The van der Waals surface area contributed by atoms with E-state index in [-0.39, 0.29) is 27.0 Å². The summed E-state index contributed by atoms with van der Waals surface area (Å²) in [5.41, 5.74) is 0.199. The van der Waals surface area contributed by atoms with Crippen molar-refractivity contribution in [2.24, 2.45) is 0 Å². The number of hydrogen-bond donors (Lipinski definition) is 2. The molecule has 0 fully saturated rings. The molecule has 0 aliphatic heterocycles. The monoisotopic (exact) mass is 425 g/mol. The molecule has 1 amide bonds. The number of rotatable bonds is 5. The van der Waals surface area contributed by atoms with Crippen LogP contribution in [0.2, 0.25) is 5.02 Å². The summed E-state index contributed by atoms with van der Waals surface area (Å²) < 4.78 is 53.7. The first-order valence-corrected chi connectivity index (χ1v) is 9.94. The summed E-state index contributed by atoms with van der Waals surface area (Å²) in [6.07, 6.45) is 0.305. The Morgan fingerprint density at radius 1 is 1.18 bits per heavy atom. The predicted octanol–water partition coefficient (Wildman–Crippen LogP) is 3.69. The maximum absolute atomic E-state index is 13.5. The van der Waals surface area contributed by atoms with Gasteiger partial charge in [-0.2, -0.15) is 0 Å². The summed E-state index contributed by atoms with van der Waals surface area (Å²) in [4.78, 5) is 19.1. The molecule has 1 heterocycles. The van der Waals surface area contributed by atoms with Gasteiger partial charge in [0.25, 0.3) is 15.9 Å². The molecule has 2 N–H and O–H groups in total. The number of carbonyl (C=O) groups excluding carboxylic acids is 1. The Hall–Kier alpha value is -2.78. The van der Waals surface area contributed by atoms with Gasteiger partial charge in [-0.25, -0.2) is 26.9 Å². The van der Waals surface area contributed by atoms with Crippen molar-refractivity contribution in [2.75, 3.05) is 0 Å². The summed E-state index contributed by atoms with van der Waals surface area (Å²) >= 11 is 5.89. The maximum Gasteiger partial charge on any atom is 0.285 e. The SMILES string of the molecule is CCc1[nH]c(-c2cc(F)cc(F)c2)nc1C(=O)NS(=O)(=O)c1ccccc1Cl.